The van der Waals surface area contributed by atoms with Gasteiger partial charge in [-0.15, -0.1) is 0 Å². The van der Waals surface area contributed by atoms with E-state index in [1.54, 1.807) is 41.0 Å². The van der Waals surface area contributed by atoms with Crippen LogP contribution in [0.15, 0.2) is 58.5 Å². The molecular weight excluding hydrogens is 372 g/mol. The third-order valence-electron chi connectivity index (χ3n) is 4.41. The van der Waals surface area contributed by atoms with Crippen molar-refractivity contribution in [1.29, 1.82) is 5.26 Å². The van der Waals surface area contributed by atoms with Crippen molar-refractivity contribution in [1.82, 2.24) is 9.55 Å². The van der Waals surface area contributed by atoms with Crippen molar-refractivity contribution in [3.8, 4) is 6.07 Å². The Labute approximate surface area is 167 Å². The van der Waals surface area contributed by atoms with E-state index in [2.05, 4.69) is 10.3 Å². The number of rotatable bonds is 6. The minimum absolute atomic E-state index is 0.0255. The van der Waals surface area contributed by atoms with Crippen molar-refractivity contribution in [3.05, 3.63) is 64.4 Å². The van der Waals surface area contributed by atoms with Crippen molar-refractivity contribution in [2.45, 2.75) is 31.5 Å². The number of para-hydroxylation sites is 1. The molecule has 0 aliphatic heterocycles. The van der Waals surface area contributed by atoms with Crippen LogP contribution in [0.2, 0.25) is 0 Å². The smallest absolute Gasteiger partial charge is 0.262 e. The number of nitriles is 1. The number of carbonyl (C=O) groups is 1. The van der Waals surface area contributed by atoms with Gasteiger partial charge >= 0.3 is 0 Å². The zero-order chi connectivity index (χ0) is 20.1. The summed E-state index contributed by atoms with van der Waals surface area (Å²) >= 11 is 1.23. The Kier molecular flexibility index (Phi) is 6.12. The normalized spacial score (nSPS) is 11.8. The highest BCUT2D eigenvalue weighted by molar-refractivity contribution is 7.99. The molecule has 6 nitrogen and oxygen atoms in total. The van der Waals surface area contributed by atoms with Crippen LogP contribution in [-0.2, 0) is 4.79 Å². The molecule has 0 fully saturated rings. The Bertz CT molecular complexity index is 1120. The van der Waals surface area contributed by atoms with E-state index in [4.69, 9.17) is 5.26 Å². The lowest BCUT2D eigenvalue weighted by Gasteiger charge is -2.18. The number of thioether (sulfide) groups is 1. The summed E-state index contributed by atoms with van der Waals surface area (Å²) in [5.41, 5.74) is 1.57. The number of amides is 1. The molecular formula is C21H20N4O2S. The molecule has 3 aromatic rings. The van der Waals surface area contributed by atoms with Crippen LogP contribution in [0.25, 0.3) is 10.9 Å². The number of nitrogens with zero attached hydrogens (tertiary/aromatic N) is 3. The summed E-state index contributed by atoms with van der Waals surface area (Å²) in [6.07, 6.45) is 0.778. The fourth-order valence-corrected chi connectivity index (χ4v) is 3.69. The van der Waals surface area contributed by atoms with Crippen LogP contribution in [0, 0.1) is 11.3 Å². The highest BCUT2D eigenvalue weighted by Gasteiger charge is 2.16. The summed E-state index contributed by atoms with van der Waals surface area (Å²) in [5.74, 6) is -0.115. The second-order valence-electron chi connectivity index (χ2n) is 6.37. The zero-order valence-electron chi connectivity index (χ0n) is 15.7. The summed E-state index contributed by atoms with van der Waals surface area (Å²) in [5, 5.41) is 12.8. The number of nitrogens with one attached hydrogen (secondary N) is 1. The molecule has 2 aromatic carbocycles. The number of hydrogen-bond donors (Lipinski definition) is 1. The van der Waals surface area contributed by atoms with Crippen LogP contribution in [0.5, 0.6) is 0 Å². The van der Waals surface area contributed by atoms with Gasteiger partial charge in [0.1, 0.15) is 0 Å². The summed E-state index contributed by atoms with van der Waals surface area (Å²) in [7, 11) is 0. The first kappa shape index (κ1) is 19.6. The topological polar surface area (TPSA) is 87.8 Å². The number of anilines is 1. The molecule has 3 rings (SSSR count). The van der Waals surface area contributed by atoms with E-state index in [9.17, 15) is 9.59 Å². The SMILES string of the molecule is CC[C@H](C)n1c(SCC(=O)Nc2cccc(C#N)c2)nc2ccccc2c1=O. The van der Waals surface area contributed by atoms with Gasteiger partial charge in [-0.3, -0.25) is 14.2 Å². The Hall–Kier alpha value is -3.11. The van der Waals surface area contributed by atoms with E-state index in [-0.39, 0.29) is 23.3 Å². The van der Waals surface area contributed by atoms with Crippen LogP contribution in [-0.4, -0.2) is 21.2 Å². The second-order valence-corrected chi connectivity index (χ2v) is 7.32. The van der Waals surface area contributed by atoms with Crippen molar-refractivity contribution >= 4 is 34.3 Å². The zero-order valence-corrected chi connectivity index (χ0v) is 16.5. The molecule has 0 unspecified atom stereocenters. The van der Waals surface area contributed by atoms with E-state index >= 15 is 0 Å². The van der Waals surface area contributed by atoms with Crippen LogP contribution in [0.4, 0.5) is 5.69 Å². The lowest BCUT2D eigenvalue weighted by atomic mass is 10.2. The van der Waals surface area contributed by atoms with E-state index in [0.717, 1.165) is 6.42 Å². The fourth-order valence-electron chi connectivity index (χ4n) is 2.79. The lowest BCUT2D eigenvalue weighted by Crippen LogP contribution is -2.26. The standard InChI is InChI=1S/C21H20N4O2S/c1-3-14(2)25-20(27)17-9-4-5-10-18(17)24-21(25)28-13-19(26)23-16-8-6-7-15(11-16)12-22/h4-11,14H,3,13H2,1-2H3,(H,23,26)/t14-/m0/s1. The highest BCUT2D eigenvalue weighted by atomic mass is 32.2. The average molecular weight is 392 g/mol. The lowest BCUT2D eigenvalue weighted by molar-refractivity contribution is -0.113. The predicted molar refractivity (Wildman–Crippen MR) is 112 cm³/mol. The van der Waals surface area contributed by atoms with Crippen molar-refractivity contribution < 1.29 is 4.79 Å². The number of carbonyl (C=O) groups excluding carboxylic acids is 1. The van der Waals surface area contributed by atoms with Crippen molar-refractivity contribution in [2.75, 3.05) is 11.1 Å². The van der Waals surface area contributed by atoms with Gasteiger partial charge in [0.05, 0.1) is 28.3 Å². The summed E-state index contributed by atoms with van der Waals surface area (Å²) in [6, 6.07) is 16.0. The van der Waals surface area contributed by atoms with E-state index in [1.807, 2.05) is 32.0 Å². The van der Waals surface area contributed by atoms with E-state index in [0.29, 0.717) is 27.3 Å². The highest BCUT2D eigenvalue weighted by Crippen LogP contribution is 2.22. The van der Waals surface area contributed by atoms with E-state index in [1.165, 1.54) is 11.8 Å². The van der Waals surface area contributed by atoms with E-state index < -0.39 is 0 Å². The molecule has 0 saturated heterocycles. The molecule has 0 saturated carbocycles. The summed E-state index contributed by atoms with van der Waals surface area (Å²) < 4.78 is 1.66. The number of fused-ring (bicyclic) bond motifs is 1. The Morgan fingerprint density at radius 2 is 2.07 bits per heavy atom. The van der Waals surface area contributed by atoms with Crippen LogP contribution in [0.1, 0.15) is 31.9 Å². The Balaban J connectivity index is 1.84. The average Bonchev–Trinajstić information content (AvgIpc) is 2.72. The maximum absolute atomic E-state index is 12.9. The summed E-state index contributed by atoms with van der Waals surface area (Å²) in [6.45, 7) is 3.98. The predicted octanol–water partition coefficient (Wildman–Crippen LogP) is 3.97. The van der Waals surface area contributed by atoms with Crippen LogP contribution >= 0.6 is 11.8 Å². The molecule has 0 aliphatic carbocycles. The van der Waals surface area contributed by atoms with Crippen LogP contribution < -0.4 is 10.9 Å². The molecule has 0 aliphatic rings. The maximum Gasteiger partial charge on any atom is 0.262 e. The minimum atomic E-state index is -0.224. The monoisotopic (exact) mass is 392 g/mol. The molecule has 1 heterocycles. The first-order valence-corrected chi connectivity index (χ1v) is 9.96. The molecule has 1 amide bonds. The van der Waals surface area contributed by atoms with Gasteiger partial charge in [-0.05, 0) is 43.7 Å². The molecule has 1 aromatic heterocycles. The van der Waals surface area contributed by atoms with Crippen molar-refractivity contribution in [3.63, 3.8) is 0 Å². The third kappa shape index (κ3) is 4.24. The molecule has 0 radical (unpaired) electrons. The van der Waals surface area contributed by atoms with Gasteiger partial charge in [-0.25, -0.2) is 4.98 Å². The van der Waals surface area contributed by atoms with Gasteiger partial charge in [0.15, 0.2) is 5.16 Å². The molecule has 0 spiro atoms. The van der Waals surface area contributed by atoms with Gasteiger partial charge in [-0.2, -0.15) is 5.26 Å². The number of benzene rings is 2. The Morgan fingerprint density at radius 1 is 1.29 bits per heavy atom. The van der Waals surface area contributed by atoms with Gasteiger partial charge in [-0.1, -0.05) is 36.9 Å². The quantitative estimate of drug-likeness (QED) is 0.506. The molecule has 7 heteroatoms. The Morgan fingerprint density at radius 3 is 2.82 bits per heavy atom. The number of aromatic nitrogens is 2. The third-order valence-corrected chi connectivity index (χ3v) is 5.37. The second kappa shape index (κ2) is 8.72. The van der Waals surface area contributed by atoms with Gasteiger partial charge in [0, 0.05) is 11.7 Å². The first-order chi connectivity index (χ1) is 13.5. The maximum atomic E-state index is 12.9. The molecule has 1 N–H and O–H groups in total. The molecule has 142 valence electrons. The first-order valence-electron chi connectivity index (χ1n) is 8.97. The van der Waals surface area contributed by atoms with Crippen LogP contribution in [0.3, 0.4) is 0 Å². The summed E-state index contributed by atoms with van der Waals surface area (Å²) in [4.78, 5) is 29.9. The minimum Gasteiger partial charge on any atom is -0.325 e. The molecule has 1 atom stereocenters. The molecule has 0 bridgehead atoms. The fraction of sp³-hybridized carbons (Fsp3) is 0.238. The van der Waals surface area contributed by atoms with Gasteiger partial charge in [0.25, 0.3) is 5.56 Å². The number of hydrogen-bond acceptors (Lipinski definition) is 5. The van der Waals surface area contributed by atoms with Gasteiger partial charge < -0.3 is 5.32 Å². The van der Waals surface area contributed by atoms with Crippen molar-refractivity contribution in [2.24, 2.45) is 0 Å². The van der Waals surface area contributed by atoms with Gasteiger partial charge in [0.2, 0.25) is 5.91 Å². The molecule has 28 heavy (non-hydrogen) atoms. The largest absolute Gasteiger partial charge is 0.325 e.